The van der Waals surface area contributed by atoms with E-state index in [2.05, 4.69) is 42.7 Å². The van der Waals surface area contributed by atoms with Crippen LogP contribution in [-0.2, 0) is 5.41 Å². The van der Waals surface area contributed by atoms with Gasteiger partial charge in [0.2, 0.25) is 0 Å². The molecular formula is C27H29N3O2. The molecule has 0 saturated heterocycles. The van der Waals surface area contributed by atoms with Gasteiger partial charge in [-0.25, -0.2) is 5.43 Å². The van der Waals surface area contributed by atoms with Crippen molar-refractivity contribution in [3.05, 3.63) is 100 Å². The summed E-state index contributed by atoms with van der Waals surface area (Å²) in [5, 5.41) is 6.91. The Labute approximate surface area is 189 Å². The van der Waals surface area contributed by atoms with Crippen LogP contribution in [0.3, 0.4) is 0 Å². The quantitative estimate of drug-likeness (QED) is 0.410. The molecule has 0 fully saturated rings. The van der Waals surface area contributed by atoms with E-state index in [1.165, 1.54) is 11.1 Å². The molecule has 0 bridgehead atoms. The van der Waals surface area contributed by atoms with Gasteiger partial charge in [0.15, 0.2) is 0 Å². The zero-order valence-corrected chi connectivity index (χ0v) is 19.2. The monoisotopic (exact) mass is 427 g/mol. The average Bonchev–Trinajstić information content (AvgIpc) is 2.75. The highest BCUT2D eigenvalue weighted by Crippen LogP contribution is 2.22. The summed E-state index contributed by atoms with van der Waals surface area (Å²) in [6.45, 7) is 10.4. The standard InChI is InChI=1S/C27H29N3O2/c1-18-6-7-22(19(2)16-18)17-28-30-26(32)21-10-14-24(15-11-21)29-25(31)20-8-12-23(13-9-20)27(3,4)5/h6-17H,1-5H3,(H,29,31)(H,30,32). The van der Waals surface area contributed by atoms with E-state index in [-0.39, 0.29) is 17.2 Å². The third-order valence-electron chi connectivity index (χ3n) is 5.21. The van der Waals surface area contributed by atoms with Crippen LogP contribution in [0.1, 0.15) is 63.7 Å². The van der Waals surface area contributed by atoms with Crippen LogP contribution in [0.5, 0.6) is 0 Å². The molecule has 0 heterocycles. The van der Waals surface area contributed by atoms with Crippen molar-refractivity contribution in [1.82, 2.24) is 5.43 Å². The summed E-state index contributed by atoms with van der Waals surface area (Å²) >= 11 is 0. The van der Waals surface area contributed by atoms with Gasteiger partial charge in [0.05, 0.1) is 6.21 Å². The van der Waals surface area contributed by atoms with Crippen LogP contribution in [0.25, 0.3) is 0 Å². The van der Waals surface area contributed by atoms with Gasteiger partial charge in [-0.3, -0.25) is 9.59 Å². The number of nitrogens with one attached hydrogen (secondary N) is 2. The Morgan fingerprint density at radius 3 is 2.00 bits per heavy atom. The fraction of sp³-hybridized carbons (Fsp3) is 0.222. The molecule has 2 N–H and O–H groups in total. The maximum atomic E-state index is 12.5. The second-order valence-electron chi connectivity index (χ2n) is 8.92. The van der Waals surface area contributed by atoms with E-state index in [1.54, 1.807) is 30.5 Å². The molecular weight excluding hydrogens is 398 g/mol. The number of amides is 2. The van der Waals surface area contributed by atoms with Crippen molar-refractivity contribution < 1.29 is 9.59 Å². The van der Waals surface area contributed by atoms with Gasteiger partial charge in [-0.05, 0) is 72.4 Å². The lowest BCUT2D eigenvalue weighted by Crippen LogP contribution is -2.18. The van der Waals surface area contributed by atoms with Crippen LogP contribution in [0.2, 0.25) is 0 Å². The van der Waals surface area contributed by atoms with Crippen LogP contribution < -0.4 is 10.7 Å². The minimum atomic E-state index is -0.318. The first-order chi connectivity index (χ1) is 15.1. The number of anilines is 1. The number of hydrogen-bond donors (Lipinski definition) is 2. The topological polar surface area (TPSA) is 70.6 Å². The zero-order valence-electron chi connectivity index (χ0n) is 19.2. The van der Waals surface area contributed by atoms with E-state index in [0.717, 1.165) is 11.1 Å². The van der Waals surface area contributed by atoms with Gasteiger partial charge in [-0.15, -0.1) is 0 Å². The number of benzene rings is 3. The summed E-state index contributed by atoms with van der Waals surface area (Å²) in [6, 6.07) is 20.3. The zero-order chi connectivity index (χ0) is 23.3. The SMILES string of the molecule is Cc1ccc(C=NNC(=O)c2ccc(NC(=O)c3ccc(C(C)(C)C)cc3)cc2)c(C)c1. The third-order valence-corrected chi connectivity index (χ3v) is 5.21. The normalized spacial score (nSPS) is 11.4. The smallest absolute Gasteiger partial charge is 0.271 e. The fourth-order valence-electron chi connectivity index (χ4n) is 3.23. The van der Waals surface area contributed by atoms with Gasteiger partial charge in [0, 0.05) is 16.8 Å². The molecule has 0 aliphatic heterocycles. The molecule has 2 amide bonds. The van der Waals surface area contributed by atoms with Gasteiger partial charge in [-0.1, -0.05) is 56.7 Å². The van der Waals surface area contributed by atoms with Gasteiger partial charge < -0.3 is 5.32 Å². The summed E-state index contributed by atoms with van der Waals surface area (Å²) in [5.74, 6) is -0.512. The average molecular weight is 428 g/mol. The van der Waals surface area contributed by atoms with Crippen LogP contribution in [0.15, 0.2) is 71.8 Å². The van der Waals surface area contributed by atoms with Gasteiger partial charge >= 0.3 is 0 Å². The van der Waals surface area contributed by atoms with Crippen molar-refractivity contribution in [2.45, 2.75) is 40.0 Å². The number of carbonyl (C=O) groups excluding carboxylic acids is 2. The van der Waals surface area contributed by atoms with E-state index < -0.39 is 0 Å². The minimum absolute atomic E-state index is 0.0361. The summed E-state index contributed by atoms with van der Waals surface area (Å²) in [4.78, 5) is 24.8. The van der Waals surface area contributed by atoms with E-state index in [0.29, 0.717) is 16.8 Å². The maximum Gasteiger partial charge on any atom is 0.271 e. The van der Waals surface area contributed by atoms with Crippen molar-refractivity contribution in [2.75, 3.05) is 5.32 Å². The van der Waals surface area contributed by atoms with Gasteiger partial charge in [0.25, 0.3) is 11.8 Å². The number of nitrogens with zero attached hydrogens (tertiary/aromatic N) is 1. The Balaban J connectivity index is 1.58. The molecule has 5 heteroatoms. The van der Waals surface area contributed by atoms with Crippen molar-refractivity contribution in [3.8, 4) is 0 Å². The Morgan fingerprint density at radius 2 is 1.41 bits per heavy atom. The minimum Gasteiger partial charge on any atom is -0.322 e. The second kappa shape index (κ2) is 9.60. The molecule has 0 spiro atoms. The number of hydrogen-bond acceptors (Lipinski definition) is 3. The van der Waals surface area contributed by atoms with Crippen molar-refractivity contribution in [3.63, 3.8) is 0 Å². The summed E-state index contributed by atoms with van der Waals surface area (Å²) in [6.07, 6.45) is 1.63. The van der Waals surface area contributed by atoms with Crippen LogP contribution in [0, 0.1) is 13.8 Å². The highest BCUT2D eigenvalue weighted by atomic mass is 16.2. The number of rotatable bonds is 5. The lowest BCUT2D eigenvalue weighted by molar-refractivity contribution is 0.0954. The molecule has 3 aromatic rings. The summed E-state index contributed by atoms with van der Waals surface area (Å²) < 4.78 is 0. The molecule has 3 aromatic carbocycles. The second-order valence-corrected chi connectivity index (χ2v) is 8.92. The first-order valence-electron chi connectivity index (χ1n) is 10.6. The van der Waals surface area contributed by atoms with E-state index >= 15 is 0 Å². The Morgan fingerprint density at radius 1 is 0.812 bits per heavy atom. The Hall–Kier alpha value is -3.73. The Bertz CT molecular complexity index is 1140. The van der Waals surface area contributed by atoms with Crippen molar-refractivity contribution in [2.24, 2.45) is 5.10 Å². The predicted octanol–water partition coefficient (Wildman–Crippen LogP) is 5.62. The molecule has 0 radical (unpaired) electrons. The third kappa shape index (κ3) is 5.91. The van der Waals surface area contributed by atoms with Crippen molar-refractivity contribution in [1.29, 1.82) is 0 Å². The number of aryl methyl sites for hydroxylation is 2. The molecule has 5 nitrogen and oxygen atoms in total. The number of hydrazone groups is 1. The molecule has 0 aliphatic carbocycles. The summed E-state index contributed by atoms with van der Waals surface area (Å²) in [7, 11) is 0. The highest BCUT2D eigenvalue weighted by Gasteiger charge is 2.14. The highest BCUT2D eigenvalue weighted by molar-refractivity contribution is 6.04. The van der Waals surface area contributed by atoms with Crippen LogP contribution in [-0.4, -0.2) is 18.0 Å². The van der Waals surface area contributed by atoms with E-state index in [9.17, 15) is 9.59 Å². The first kappa shape index (κ1) is 22.9. The van der Waals surface area contributed by atoms with E-state index in [4.69, 9.17) is 0 Å². The molecule has 0 atom stereocenters. The van der Waals surface area contributed by atoms with Crippen LogP contribution in [0.4, 0.5) is 5.69 Å². The lowest BCUT2D eigenvalue weighted by Gasteiger charge is -2.19. The molecule has 0 unspecified atom stereocenters. The molecule has 164 valence electrons. The van der Waals surface area contributed by atoms with Crippen LogP contribution >= 0.6 is 0 Å². The molecule has 32 heavy (non-hydrogen) atoms. The largest absolute Gasteiger partial charge is 0.322 e. The Kier molecular flexibility index (Phi) is 6.89. The van der Waals surface area contributed by atoms with Gasteiger partial charge in [0.1, 0.15) is 0 Å². The predicted molar refractivity (Wildman–Crippen MR) is 131 cm³/mol. The summed E-state index contributed by atoms with van der Waals surface area (Å²) in [5.41, 5.74) is 8.62. The first-order valence-corrected chi connectivity index (χ1v) is 10.6. The molecule has 0 aliphatic rings. The lowest BCUT2D eigenvalue weighted by atomic mass is 9.87. The molecule has 3 rings (SSSR count). The van der Waals surface area contributed by atoms with Crippen molar-refractivity contribution >= 4 is 23.7 Å². The molecule has 0 saturated carbocycles. The number of carbonyl (C=O) groups is 2. The fourth-order valence-corrected chi connectivity index (χ4v) is 3.23. The van der Waals surface area contributed by atoms with E-state index in [1.807, 2.05) is 50.2 Å². The van der Waals surface area contributed by atoms with Gasteiger partial charge in [-0.2, -0.15) is 5.10 Å². The maximum absolute atomic E-state index is 12.5. The molecule has 0 aromatic heterocycles.